The predicted octanol–water partition coefficient (Wildman–Crippen LogP) is 2.52. The predicted molar refractivity (Wildman–Crippen MR) is 115 cm³/mol. The van der Waals surface area contributed by atoms with Gasteiger partial charge >= 0.3 is 0 Å². The van der Waals surface area contributed by atoms with Crippen molar-refractivity contribution in [3.63, 3.8) is 0 Å². The number of nitrogens with zero attached hydrogens (tertiary/aromatic N) is 2. The van der Waals surface area contributed by atoms with E-state index < -0.39 is 11.9 Å². The Kier molecular flexibility index (Phi) is 7.79. The lowest BCUT2D eigenvalue weighted by molar-refractivity contribution is -0.118. The zero-order valence-electron chi connectivity index (χ0n) is 17.6. The van der Waals surface area contributed by atoms with Crippen molar-refractivity contribution in [3.05, 3.63) is 59.9 Å². The normalized spacial score (nSPS) is 18.7. The first-order valence-corrected chi connectivity index (χ1v) is 10.3. The molecule has 30 heavy (non-hydrogen) atoms. The number of nitrogens with one attached hydrogen (secondary N) is 1. The fourth-order valence-corrected chi connectivity index (χ4v) is 3.66. The molecule has 0 bridgehead atoms. The van der Waals surface area contributed by atoms with Crippen LogP contribution in [0.4, 0.5) is 10.1 Å². The number of benzene rings is 2. The Bertz CT molecular complexity index is 848. The van der Waals surface area contributed by atoms with Crippen molar-refractivity contribution in [2.75, 3.05) is 44.6 Å². The summed E-state index contributed by atoms with van der Waals surface area (Å²) < 4.78 is 19.0. The standard InChI is InChI=1S/C23H30FN3O3/c1-17-7-3-5-9-21(17)25-23(29)15-26-11-12-27(18(2)13-26)14-19(28)16-30-22-10-6-4-8-20(22)24/h3-10,18-19,28H,11-16H2,1-2H3,(H,25,29). The quantitative estimate of drug-likeness (QED) is 0.694. The van der Waals surface area contributed by atoms with E-state index in [0.717, 1.165) is 30.9 Å². The van der Waals surface area contributed by atoms with E-state index in [2.05, 4.69) is 22.0 Å². The van der Waals surface area contributed by atoms with Crippen LogP contribution in [0.2, 0.25) is 0 Å². The van der Waals surface area contributed by atoms with Crippen molar-refractivity contribution in [1.29, 1.82) is 0 Å². The van der Waals surface area contributed by atoms with Gasteiger partial charge in [-0.15, -0.1) is 0 Å². The Morgan fingerprint density at radius 1 is 1.23 bits per heavy atom. The SMILES string of the molecule is Cc1ccccc1NC(=O)CN1CCN(CC(O)COc2ccccc2F)C(C)C1. The third kappa shape index (κ3) is 6.26. The number of carbonyl (C=O) groups excluding carboxylic acids is 1. The second-order valence-corrected chi connectivity index (χ2v) is 7.84. The Balaban J connectivity index is 1.41. The second kappa shape index (κ2) is 10.5. The van der Waals surface area contributed by atoms with E-state index in [1.807, 2.05) is 31.2 Å². The largest absolute Gasteiger partial charge is 0.488 e. The van der Waals surface area contributed by atoms with Gasteiger partial charge in [0.25, 0.3) is 0 Å². The van der Waals surface area contributed by atoms with Crippen LogP contribution >= 0.6 is 0 Å². The molecule has 2 aromatic carbocycles. The van der Waals surface area contributed by atoms with Gasteiger partial charge < -0.3 is 15.2 Å². The molecule has 6 nitrogen and oxygen atoms in total. The van der Waals surface area contributed by atoms with Gasteiger partial charge in [-0.3, -0.25) is 14.6 Å². The number of amides is 1. The van der Waals surface area contributed by atoms with Crippen molar-refractivity contribution in [2.45, 2.75) is 26.0 Å². The lowest BCUT2D eigenvalue weighted by Crippen LogP contribution is -2.55. The van der Waals surface area contributed by atoms with E-state index in [9.17, 15) is 14.3 Å². The molecule has 2 N–H and O–H groups in total. The summed E-state index contributed by atoms with van der Waals surface area (Å²) in [6.45, 7) is 7.09. The Morgan fingerprint density at radius 3 is 2.70 bits per heavy atom. The van der Waals surface area contributed by atoms with Gasteiger partial charge in [-0.1, -0.05) is 30.3 Å². The number of aryl methyl sites for hydroxylation is 1. The minimum atomic E-state index is -0.719. The Hall–Kier alpha value is -2.48. The molecule has 0 spiro atoms. The summed E-state index contributed by atoms with van der Waals surface area (Å²) in [5.41, 5.74) is 1.88. The van der Waals surface area contributed by atoms with Gasteiger partial charge in [-0.05, 0) is 37.6 Å². The zero-order chi connectivity index (χ0) is 21.5. The van der Waals surface area contributed by atoms with Crippen molar-refractivity contribution < 1.29 is 19.0 Å². The zero-order valence-corrected chi connectivity index (χ0v) is 17.6. The van der Waals surface area contributed by atoms with E-state index in [0.29, 0.717) is 13.1 Å². The van der Waals surface area contributed by atoms with Crippen molar-refractivity contribution >= 4 is 11.6 Å². The smallest absolute Gasteiger partial charge is 0.238 e. The van der Waals surface area contributed by atoms with Gasteiger partial charge in [0.1, 0.15) is 12.7 Å². The topological polar surface area (TPSA) is 65.0 Å². The van der Waals surface area contributed by atoms with E-state index in [4.69, 9.17) is 4.74 Å². The van der Waals surface area contributed by atoms with Crippen molar-refractivity contribution in [3.8, 4) is 5.75 Å². The van der Waals surface area contributed by atoms with Crippen LogP contribution in [0.5, 0.6) is 5.75 Å². The maximum atomic E-state index is 13.6. The molecule has 1 aliphatic heterocycles. The number of aliphatic hydroxyl groups is 1. The number of rotatable bonds is 8. The number of carbonyl (C=O) groups is 1. The highest BCUT2D eigenvalue weighted by Gasteiger charge is 2.26. The molecule has 1 fully saturated rings. The number of ether oxygens (including phenoxy) is 1. The first-order chi connectivity index (χ1) is 14.4. The molecule has 2 aromatic rings. The number of para-hydroxylation sites is 2. The molecule has 162 valence electrons. The lowest BCUT2D eigenvalue weighted by Gasteiger charge is -2.40. The van der Waals surface area contributed by atoms with Crippen molar-refractivity contribution in [1.82, 2.24) is 9.80 Å². The van der Waals surface area contributed by atoms with Crippen molar-refractivity contribution in [2.24, 2.45) is 0 Å². The van der Waals surface area contributed by atoms with E-state index >= 15 is 0 Å². The van der Waals surface area contributed by atoms with Gasteiger partial charge in [0.2, 0.25) is 5.91 Å². The molecule has 7 heteroatoms. The molecule has 0 saturated carbocycles. The van der Waals surface area contributed by atoms with Crippen LogP contribution in [0.15, 0.2) is 48.5 Å². The maximum absolute atomic E-state index is 13.6. The number of halogens is 1. The minimum absolute atomic E-state index is 0.0247. The van der Waals surface area contributed by atoms with E-state index in [1.165, 1.54) is 6.07 Å². The summed E-state index contributed by atoms with van der Waals surface area (Å²) >= 11 is 0. The lowest BCUT2D eigenvalue weighted by atomic mass is 10.1. The summed E-state index contributed by atoms with van der Waals surface area (Å²) in [6, 6.07) is 14.1. The Morgan fingerprint density at radius 2 is 1.97 bits per heavy atom. The molecular formula is C23H30FN3O3. The Labute approximate surface area is 177 Å². The number of hydrogen-bond acceptors (Lipinski definition) is 5. The number of anilines is 1. The number of hydrogen-bond donors (Lipinski definition) is 2. The first-order valence-electron chi connectivity index (χ1n) is 10.3. The van der Waals surface area contributed by atoms with E-state index in [-0.39, 0.29) is 24.3 Å². The van der Waals surface area contributed by atoms with Gasteiger partial charge in [0.05, 0.1) is 6.54 Å². The first kappa shape index (κ1) is 22.2. The van der Waals surface area contributed by atoms with Crippen LogP contribution in [0.1, 0.15) is 12.5 Å². The van der Waals surface area contributed by atoms with Gasteiger partial charge in [0, 0.05) is 37.9 Å². The summed E-state index contributed by atoms with van der Waals surface area (Å²) in [5.74, 6) is -0.312. The summed E-state index contributed by atoms with van der Waals surface area (Å²) in [4.78, 5) is 16.7. The van der Waals surface area contributed by atoms with Crippen LogP contribution in [-0.2, 0) is 4.79 Å². The van der Waals surface area contributed by atoms with Crippen LogP contribution in [0.25, 0.3) is 0 Å². The average molecular weight is 416 g/mol. The van der Waals surface area contributed by atoms with Crippen LogP contribution < -0.4 is 10.1 Å². The van der Waals surface area contributed by atoms with Crippen LogP contribution in [0.3, 0.4) is 0 Å². The van der Waals surface area contributed by atoms with Gasteiger partial charge in [0.15, 0.2) is 11.6 Å². The molecule has 0 aliphatic carbocycles. The molecular weight excluding hydrogens is 385 g/mol. The molecule has 2 atom stereocenters. The molecule has 1 saturated heterocycles. The maximum Gasteiger partial charge on any atom is 0.238 e. The molecule has 2 unspecified atom stereocenters. The molecule has 0 radical (unpaired) electrons. The molecule has 0 aromatic heterocycles. The third-order valence-corrected chi connectivity index (χ3v) is 5.35. The second-order valence-electron chi connectivity index (χ2n) is 7.84. The fraction of sp³-hybridized carbons (Fsp3) is 0.435. The monoisotopic (exact) mass is 415 g/mol. The summed E-state index contributed by atoms with van der Waals surface area (Å²) in [6.07, 6.45) is -0.719. The highest BCUT2D eigenvalue weighted by molar-refractivity contribution is 5.92. The molecule has 3 rings (SSSR count). The fourth-order valence-electron chi connectivity index (χ4n) is 3.66. The molecule has 1 amide bonds. The van der Waals surface area contributed by atoms with E-state index in [1.54, 1.807) is 18.2 Å². The summed E-state index contributed by atoms with van der Waals surface area (Å²) in [7, 11) is 0. The highest BCUT2D eigenvalue weighted by Crippen LogP contribution is 2.17. The number of aliphatic hydroxyl groups excluding tert-OH is 1. The number of β-amino-alcohol motifs (C(OH)–C–C–N with tert-alkyl or cyclic N) is 1. The highest BCUT2D eigenvalue weighted by atomic mass is 19.1. The number of piperazine rings is 1. The third-order valence-electron chi connectivity index (χ3n) is 5.35. The van der Waals surface area contributed by atoms with Gasteiger partial charge in [-0.25, -0.2) is 4.39 Å². The van der Waals surface area contributed by atoms with Crippen LogP contribution in [0, 0.1) is 12.7 Å². The van der Waals surface area contributed by atoms with Gasteiger partial charge in [-0.2, -0.15) is 0 Å². The average Bonchev–Trinajstić information content (AvgIpc) is 2.71. The molecule has 1 aliphatic rings. The van der Waals surface area contributed by atoms with Crippen LogP contribution in [-0.4, -0.2) is 72.3 Å². The summed E-state index contributed by atoms with van der Waals surface area (Å²) in [5, 5.41) is 13.3. The molecule has 1 heterocycles. The minimum Gasteiger partial charge on any atom is -0.488 e.